The van der Waals surface area contributed by atoms with Gasteiger partial charge in [-0.2, -0.15) is 0 Å². The lowest BCUT2D eigenvalue weighted by Gasteiger charge is -2.34. The molecule has 5 heteroatoms. The molecular formula is C13H25NO3S. The van der Waals surface area contributed by atoms with Gasteiger partial charge in [0, 0.05) is 18.7 Å². The summed E-state index contributed by atoms with van der Waals surface area (Å²) in [7, 11) is -2.74. The SMILES string of the molecule is CCCC1CC(NC2CCS(=O)(=O)CC2)CCO1. The summed E-state index contributed by atoms with van der Waals surface area (Å²) in [6.07, 6.45) is 6.39. The Balaban J connectivity index is 1.76. The third kappa shape index (κ3) is 4.21. The van der Waals surface area contributed by atoms with Gasteiger partial charge in [-0.25, -0.2) is 8.42 Å². The normalized spacial score (nSPS) is 33.4. The molecule has 2 unspecified atom stereocenters. The molecule has 2 atom stereocenters. The first-order chi connectivity index (χ1) is 8.59. The Morgan fingerprint density at radius 2 is 1.89 bits per heavy atom. The van der Waals surface area contributed by atoms with E-state index in [0.29, 0.717) is 29.7 Å². The Morgan fingerprint density at radius 3 is 2.56 bits per heavy atom. The van der Waals surface area contributed by atoms with E-state index in [1.165, 1.54) is 6.42 Å². The predicted octanol–water partition coefficient (Wildman–Crippen LogP) is 1.50. The highest BCUT2D eigenvalue weighted by Gasteiger charge is 2.28. The van der Waals surface area contributed by atoms with Crippen molar-refractivity contribution in [2.45, 2.75) is 63.6 Å². The highest BCUT2D eigenvalue weighted by molar-refractivity contribution is 7.91. The number of hydrogen-bond acceptors (Lipinski definition) is 4. The van der Waals surface area contributed by atoms with Crippen LogP contribution >= 0.6 is 0 Å². The smallest absolute Gasteiger partial charge is 0.150 e. The number of ether oxygens (including phenoxy) is 1. The lowest BCUT2D eigenvalue weighted by atomic mass is 9.98. The van der Waals surface area contributed by atoms with Crippen LogP contribution in [-0.4, -0.2) is 44.7 Å². The molecule has 2 rings (SSSR count). The maximum Gasteiger partial charge on any atom is 0.150 e. The standard InChI is InChI=1S/C13H25NO3S/c1-2-3-13-10-12(4-7-17-13)14-11-5-8-18(15,16)9-6-11/h11-14H,2-10H2,1H3. The quantitative estimate of drug-likeness (QED) is 0.845. The Kier molecular flexibility index (Phi) is 5.04. The van der Waals surface area contributed by atoms with E-state index in [0.717, 1.165) is 38.7 Å². The summed E-state index contributed by atoms with van der Waals surface area (Å²) in [6, 6.07) is 0.903. The van der Waals surface area contributed by atoms with Crippen LogP contribution in [0.3, 0.4) is 0 Å². The van der Waals surface area contributed by atoms with Crippen LogP contribution in [0.4, 0.5) is 0 Å². The molecule has 4 nitrogen and oxygen atoms in total. The maximum absolute atomic E-state index is 11.4. The van der Waals surface area contributed by atoms with Gasteiger partial charge in [-0.1, -0.05) is 13.3 Å². The molecule has 106 valence electrons. The first kappa shape index (κ1) is 14.3. The third-order valence-electron chi connectivity index (χ3n) is 4.00. The summed E-state index contributed by atoms with van der Waals surface area (Å²) in [6.45, 7) is 3.03. The molecule has 0 aromatic heterocycles. The Hall–Kier alpha value is -0.130. The van der Waals surface area contributed by atoms with Crippen LogP contribution in [0.2, 0.25) is 0 Å². The van der Waals surface area contributed by atoms with Gasteiger partial charge in [-0.3, -0.25) is 0 Å². The predicted molar refractivity (Wildman–Crippen MR) is 72.5 cm³/mol. The fourth-order valence-electron chi connectivity index (χ4n) is 2.94. The van der Waals surface area contributed by atoms with Crippen molar-refractivity contribution in [1.29, 1.82) is 0 Å². The fraction of sp³-hybridized carbons (Fsp3) is 1.00. The highest BCUT2D eigenvalue weighted by atomic mass is 32.2. The van der Waals surface area contributed by atoms with Gasteiger partial charge >= 0.3 is 0 Å². The molecule has 0 radical (unpaired) electrons. The van der Waals surface area contributed by atoms with Crippen molar-refractivity contribution < 1.29 is 13.2 Å². The second-order valence-electron chi connectivity index (χ2n) is 5.60. The van der Waals surface area contributed by atoms with E-state index >= 15 is 0 Å². The van der Waals surface area contributed by atoms with Gasteiger partial charge in [0.2, 0.25) is 0 Å². The van der Waals surface area contributed by atoms with E-state index in [4.69, 9.17) is 4.74 Å². The van der Waals surface area contributed by atoms with E-state index in [1.807, 2.05) is 0 Å². The lowest BCUT2D eigenvalue weighted by molar-refractivity contribution is -0.00519. The molecule has 0 aromatic rings. The molecule has 0 aliphatic carbocycles. The largest absolute Gasteiger partial charge is 0.378 e. The molecular weight excluding hydrogens is 250 g/mol. The summed E-state index contributed by atoms with van der Waals surface area (Å²) in [4.78, 5) is 0. The van der Waals surface area contributed by atoms with Crippen LogP contribution in [-0.2, 0) is 14.6 Å². The van der Waals surface area contributed by atoms with Crippen molar-refractivity contribution in [3.05, 3.63) is 0 Å². The average molecular weight is 275 g/mol. The molecule has 2 aliphatic heterocycles. The monoisotopic (exact) mass is 275 g/mol. The molecule has 0 bridgehead atoms. The number of rotatable bonds is 4. The molecule has 2 heterocycles. The van der Waals surface area contributed by atoms with Crippen molar-refractivity contribution in [2.75, 3.05) is 18.1 Å². The van der Waals surface area contributed by atoms with Crippen molar-refractivity contribution in [3.63, 3.8) is 0 Å². The van der Waals surface area contributed by atoms with Crippen molar-refractivity contribution in [2.24, 2.45) is 0 Å². The summed E-state index contributed by atoms with van der Waals surface area (Å²) < 4.78 is 28.5. The van der Waals surface area contributed by atoms with Gasteiger partial charge in [-0.15, -0.1) is 0 Å². The Bertz CT molecular complexity index is 339. The Morgan fingerprint density at radius 1 is 1.17 bits per heavy atom. The summed E-state index contributed by atoms with van der Waals surface area (Å²) in [5.74, 6) is 0.707. The molecule has 0 spiro atoms. The van der Waals surface area contributed by atoms with Gasteiger partial charge in [0.25, 0.3) is 0 Å². The minimum Gasteiger partial charge on any atom is -0.378 e. The van der Waals surface area contributed by atoms with E-state index in [2.05, 4.69) is 12.2 Å². The van der Waals surface area contributed by atoms with Crippen LogP contribution < -0.4 is 5.32 Å². The van der Waals surface area contributed by atoms with Crippen molar-refractivity contribution in [3.8, 4) is 0 Å². The average Bonchev–Trinajstić information content (AvgIpc) is 2.33. The molecule has 18 heavy (non-hydrogen) atoms. The number of hydrogen-bond donors (Lipinski definition) is 1. The zero-order valence-corrected chi connectivity index (χ0v) is 12.0. The number of nitrogens with one attached hydrogen (secondary N) is 1. The first-order valence-corrected chi connectivity index (χ1v) is 8.99. The lowest BCUT2D eigenvalue weighted by Crippen LogP contribution is -2.46. The fourth-order valence-corrected chi connectivity index (χ4v) is 4.44. The van der Waals surface area contributed by atoms with Gasteiger partial charge < -0.3 is 10.1 Å². The van der Waals surface area contributed by atoms with E-state index < -0.39 is 9.84 Å². The second-order valence-corrected chi connectivity index (χ2v) is 7.90. The minimum atomic E-state index is -2.74. The third-order valence-corrected chi connectivity index (χ3v) is 5.72. The van der Waals surface area contributed by atoms with E-state index in [1.54, 1.807) is 0 Å². The second kappa shape index (κ2) is 6.35. The molecule has 1 N–H and O–H groups in total. The first-order valence-electron chi connectivity index (χ1n) is 7.17. The minimum absolute atomic E-state index is 0.353. The molecule has 2 saturated heterocycles. The van der Waals surface area contributed by atoms with Crippen LogP contribution in [0.15, 0.2) is 0 Å². The Labute approximate surface area is 110 Å². The molecule has 2 fully saturated rings. The van der Waals surface area contributed by atoms with Crippen LogP contribution in [0, 0.1) is 0 Å². The van der Waals surface area contributed by atoms with Crippen LogP contribution in [0.1, 0.15) is 45.4 Å². The summed E-state index contributed by atoms with van der Waals surface area (Å²) in [5, 5.41) is 3.64. The van der Waals surface area contributed by atoms with Gasteiger partial charge in [0.1, 0.15) is 9.84 Å². The zero-order chi connectivity index (χ0) is 13.0. The van der Waals surface area contributed by atoms with Gasteiger partial charge in [0.15, 0.2) is 0 Å². The van der Waals surface area contributed by atoms with E-state index in [9.17, 15) is 8.42 Å². The summed E-state index contributed by atoms with van der Waals surface area (Å²) in [5.41, 5.74) is 0. The van der Waals surface area contributed by atoms with E-state index in [-0.39, 0.29) is 0 Å². The molecule has 0 aromatic carbocycles. The summed E-state index contributed by atoms with van der Waals surface area (Å²) >= 11 is 0. The van der Waals surface area contributed by atoms with Crippen molar-refractivity contribution in [1.82, 2.24) is 5.32 Å². The van der Waals surface area contributed by atoms with Gasteiger partial charge in [-0.05, 0) is 32.1 Å². The molecule has 0 amide bonds. The van der Waals surface area contributed by atoms with Crippen LogP contribution in [0.25, 0.3) is 0 Å². The van der Waals surface area contributed by atoms with Crippen molar-refractivity contribution >= 4 is 9.84 Å². The van der Waals surface area contributed by atoms with Gasteiger partial charge in [0.05, 0.1) is 17.6 Å². The zero-order valence-electron chi connectivity index (χ0n) is 11.2. The number of sulfone groups is 1. The topological polar surface area (TPSA) is 55.4 Å². The molecule has 0 saturated carbocycles. The maximum atomic E-state index is 11.4. The van der Waals surface area contributed by atoms with Crippen LogP contribution in [0.5, 0.6) is 0 Å². The molecule has 2 aliphatic rings. The highest BCUT2D eigenvalue weighted by Crippen LogP contribution is 2.20.